The molecule has 29 heavy (non-hydrogen) atoms. The molecule has 0 bridgehead atoms. The maximum atomic E-state index is 12.7. The van der Waals surface area contributed by atoms with Crippen molar-refractivity contribution in [3.05, 3.63) is 63.0 Å². The van der Waals surface area contributed by atoms with E-state index in [1.54, 1.807) is 24.3 Å². The summed E-state index contributed by atoms with van der Waals surface area (Å²) in [4.78, 5) is 27.0. The summed E-state index contributed by atoms with van der Waals surface area (Å²) in [5.74, 6) is 0.964. The number of ether oxygens (including phenoxy) is 2. The molecule has 0 atom stereocenters. The molecule has 1 saturated heterocycles. The van der Waals surface area contributed by atoms with Gasteiger partial charge in [-0.25, -0.2) is 0 Å². The van der Waals surface area contributed by atoms with Crippen LogP contribution in [0.15, 0.2) is 51.8 Å². The van der Waals surface area contributed by atoms with E-state index in [0.29, 0.717) is 39.4 Å². The summed E-state index contributed by atoms with van der Waals surface area (Å²) in [6.45, 7) is 0.801. The van der Waals surface area contributed by atoms with E-state index in [1.165, 1.54) is 16.7 Å². The van der Waals surface area contributed by atoms with E-state index >= 15 is 0 Å². The molecule has 2 aromatic carbocycles. The van der Waals surface area contributed by atoms with Crippen molar-refractivity contribution in [3.8, 4) is 11.5 Å². The number of halogens is 1. The topological polar surface area (TPSA) is 67.9 Å². The lowest BCUT2D eigenvalue weighted by molar-refractivity contribution is -0.122. The Morgan fingerprint density at radius 3 is 2.86 bits per heavy atom. The number of nitrogens with one attached hydrogen (secondary N) is 1. The second-order valence-corrected chi connectivity index (χ2v) is 8.71. The maximum absolute atomic E-state index is 12.7. The summed E-state index contributed by atoms with van der Waals surface area (Å²) >= 11 is 9.95. The van der Waals surface area contributed by atoms with Gasteiger partial charge in [0.1, 0.15) is 4.32 Å². The third kappa shape index (κ3) is 4.31. The Hall–Kier alpha value is -2.36. The van der Waals surface area contributed by atoms with Crippen molar-refractivity contribution in [3.63, 3.8) is 0 Å². The number of rotatable bonds is 5. The zero-order chi connectivity index (χ0) is 20.4. The van der Waals surface area contributed by atoms with Gasteiger partial charge in [-0.15, -0.1) is 0 Å². The van der Waals surface area contributed by atoms with Crippen LogP contribution in [0.4, 0.5) is 0 Å². The Bertz CT molecular complexity index is 1040. The smallest absolute Gasteiger partial charge is 0.266 e. The molecule has 2 heterocycles. The van der Waals surface area contributed by atoms with E-state index in [2.05, 4.69) is 21.2 Å². The summed E-state index contributed by atoms with van der Waals surface area (Å²) < 4.78 is 11.9. The van der Waals surface area contributed by atoms with Crippen LogP contribution in [0.25, 0.3) is 6.08 Å². The minimum atomic E-state index is -0.209. The van der Waals surface area contributed by atoms with Gasteiger partial charge in [0.2, 0.25) is 6.79 Å². The monoisotopic (exact) mass is 490 g/mol. The Morgan fingerprint density at radius 1 is 1.24 bits per heavy atom. The third-order valence-electron chi connectivity index (χ3n) is 4.31. The normalized spacial score (nSPS) is 16.6. The molecule has 0 aromatic heterocycles. The predicted octanol–water partition coefficient (Wildman–Crippen LogP) is 3.81. The van der Waals surface area contributed by atoms with Crippen molar-refractivity contribution in [2.45, 2.75) is 0 Å². The van der Waals surface area contributed by atoms with Gasteiger partial charge in [-0.05, 0) is 51.8 Å². The first kappa shape index (κ1) is 19.9. The lowest BCUT2D eigenvalue weighted by atomic mass is 10.2. The number of thioether (sulfide) groups is 1. The minimum absolute atomic E-state index is 0.173. The fourth-order valence-electron chi connectivity index (χ4n) is 2.87. The van der Waals surface area contributed by atoms with Gasteiger partial charge < -0.3 is 14.8 Å². The van der Waals surface area contributed by atoms with Crippen molar-refractivity contribution in [1.82, 2.24) is 10.2 Å². The van der Waals surface area contributed by atoms with Crippen LogP contribution in [0.2, 0.25) is 0 Å². The maximum Gasteiger partial charge on any atom is 0.266 e. The van der Waals surface area contributed by atoms with Crippen molar-refractivity contribution in [2.24, 2.45) is 0 Å². The second kappa shape index (κ2) is 8.56. The van der Waals surface area contributed by atoms with Gasteiger partial charge >= 0.3 is 0 Å². The van der Waals surface area contributed by atoms with E-state index in [1.807, 2.05) is 24.3 Å². The van der Waals surface area contributed by atoms with E-state index in [9.17, 15) is 9.59 Å². The lowest BCUT2D eigenvalue weighted by Gasteiger charge is -2.15. The number of fused-ring (bicyclic) bond motifs is 1. The van der Waals surface area contributed by atoms with Gasteiger partial charge in [0.05, 0.1) is 10.5 Å². The van der Waals surface area contributed by atoms with Crippen LogP contribution in [0.5, 0.6) is 11.5 Å². The van der Waals surface area contributed by atoms with Crippen LogP contribution in [-0.4, -0.2) is 40.9 Å². The average molecular weight is 491 g/mol. The van der Waals surface area contributed by atoms with E-state index in [4.69, 9.17) is 21.7 Å². The Morgan fingerprint density at radius 2 is 2.03 bits per heavy atom. The zero-order valence-electron chi connectivity index (χ0n) is 15.0. The highest BCUT2D eigenvalue weighted by Gasteiger charge is 2.31. The highest BCUT2D eigenvalue weighted by molar-refractivity contribution is 9.10. The summed E-state index contributed by atoms with van der Waals surface area (Å²) in [6.07, 6.45) is 1.78. The van der Waals surface area contributed by atoms with Crippen molar-refractivity contribution >= 4 is 62.1 Å². The predicted molar refractivity (Wildman–Crippen MR) is 119 cm³/mol. The van der Waals surface area contributed by atoms with E-state index < -0.39 is 0 Å². The molecule has 1 fully saturated rings. The van der Waals surface area contributed by atoms with Crippen molar-refractivity contribution in [1.29, 1.82) is 0 Å². The van der Waals surface area contributed by atoms with Gasteiger partial charge in [-0.1, -0.05) is 42.2 Å². The molecule has 2 aliphatic rings. The molecule has 0 saturated carbocycles. The molecular formula is C20H15BrN2O4S2. The highest BCUT2D eigenvalue weighted by Crippen LogP contribution is 2.36. The molecule has 0 spiro atoms. The molecule has 4 rings (SSSR count). The van der Waals surface area contributed by atoms with Gasteiger partial charge in [0, 0.05) is 17.6 Å². The van der Waals surface area contributed by atoms with Crippen LogP contribution in [-0.2, 0) is 4.79 Å². The average Bonchev–Trinajstić information content (AvgIpc) is 3.27. The lowest BCUT2D eigenvalue weighted by Crippen LogP contribution is -2.37. The zero-order valence-corrected chi connectivity index (χ0v) is 18.2. The number of thiocarbonyl (C=S) groups is 1. The van der Waals surface area contributed by atoms with Crippen LogP contribution in [0, 0.1) is 0 Å². The highest BCUT2D eigenvalue weighted by atomic mass is 79.9. The number of benzene rings is 2. The molecule has 0 aliphatic carbocycles. The summed E-state index contributed by atoms with van der Waals surface area (Å²) in [5.41, 5.74) is 1.37. The molecule has 0 unspecified atom stereocenters. The number of nitrogens with zero attached hydrogens (tertiary/aromatic N) is 1. The fourth-order valence-corrected chi connectivity index (χ4v) is 4.64. The van der Waals surface area contributed by atoms with E-state index in [-0.39, 0.29) is 18.6 Å². The molecule has 2 amide bonds. The Kier molecular flexibility index (Phi) is 5.89. The van der Waals surface area contributed by atoms with Crippen LogP contribution >= 0.6 is 39.9 Å². The van der Waals surface area contributed by atoms with Crippen LogP contribution in [0.3, 0.4) is 0 Å². The Labute approximate surface area is 185 Å². The largest absolute Gasteiger partial charge is 0.454 e. The molecule has 6 nitrogen and oxygen atoms in total. The molecule has 9 heteroatoms. The number of amides is 2. The van der Waals surface area contributed by atoms with Crippen LogP contribution < -0.4 is 14.8 Å². The summed E-state index contributed by atoms with van der Waals surface area (Å²) in [6, 6.07) is 12.7. The second-order valence-electron chi connectivity index (χ2n) is 6.18. The molecular weight excluding hydrogens is 476 g/mol. The number of hydrogen-bond acceptors (Lipinski definition) is 6. The third-order valence-corrected chi connectivity index (χ3v) is 6.38. The van der Waals surface area contributed by atoms with E-state index in [0.717, 1.165) is 10.0 Å². The number of carbonyl (C=O) groups is 2. The summed E-state index contributed by atoms with van der Waals surface area (Å²) in [7, 11) is 0. The van der Waals surface area contributed by atoms with Crippen molar-refractivity contribution in [2.75, 3.05) is 19.9 Å². The van der Waals surface area contributed by atoms with Gasteiger partial charge in [-0.2, -0.15) is 0 Å². The van der Waals surface area contributed by atoms with Crippen molar-refractivity contribution < 1.29 is 19.1 Å². The summed E-state index contributed by atoms with van der Waals surface area (Å²) in [5, 5.41) is 2.82. The first-order valence-corrected chi connectivity index (χ1v) is 10.7. The SMILES string of the molecule is O=C(NCCN1C(=O)/C(=C/c2ccc3c(c2)OCO3)SC1=S)c1ccccc1Br. The number of hydrogen-bond donors (Lipinski definition) is 1. The van der Waals surface area contributed by atoms with Gasteiger partial charge in [0.15, 0.2) is 11.5 Å². The number of carbonyl (C=O) groups excluding carboxylic acids is 2. The van der Waals surface area contributed by atoms with Gasteiger partial charge in [-0.3, -0.25) is 14.5 Å². The van der Waals surface area contributed by atoms with Gasteiger partial charge in [0.25, 0.3) is 11.8 Å². The molecule has 0 radical (unpaired) electrons. The Balaban J connectivity index is 1.38. The molecule has 2 aromatic rings. The standard InChI is InChI=1S/C20H15BrN2O4S2/c21-14-4-2-1-3-13(14)18(24)22-7-8-23-19(25)17(29-20(23)28)10-12-5-6-15-16(9-12)27-11-26-15/h1-6,9-10H,7-8,11H2,(H,22,24)/b17-10-. The molecule has 2 aliphatic heterocycles. The first-order chi connectivity index (χ1) is 14.0. The quantitative estimate of drug-likeness (QED) is 0.507. The fraction of sp³-hybridized carbons (Fsp3) is 0.150. The molecule has 1 N–H and O–H groups in total. The minimum Gasteiger partial charge on any atom is -0.454 e. The first-order valence-electron chi connectivity index (χ1n) is 8.70. The molecule has 148 valence electrons. The van der Waals surface area contributed by atoms with Crippen LogP contribution in [0.1, 0.15) is 15.9 Å².